The maximum Gasteiger partial charge on any atom is 0.181 e. The molecule has 0 N–H and O–H groups in total. The van der Waals surface area contributed by atoms with E-state index >= 15 is 0 Å². The number of hydrogen-bond acceptors (Lipinski definition) is 4. The molecule has 1 aliphatic heterocycles. The summed E-state index contributed by atoms with van der Waals surface area (Å²) in [6, 6.07) is 12.1. The zero-order valence-electron chi connectivity index (χ0n) is 13.5. The van der Waals surface area contributed by atoms with Gasteiger partial charge in [-0.25, -0.2) is 12.8 Å². The van der Waals surface area contributed by atoms with Crippen molar-refractivity contribution < 1.29 is 17.5 Å². The van der Waals surface area contributed by atoms with Gasteiger partial charge < -0.3 is 9.64 Å². The highest BCUT2D eigenvalue weighted by atomic mass is 32.2. The van der Waals surface area contributed by atoms with Gasteiger partial charge >= 0.3 is 0 Å². The number of benzene rings is 2. The third-order valence-electron chi connectivity index (χ3n) is 4.31. The molecule has 1 saturated heterocycles. The molecule has 3 rings (SSSR count). The van der Waals surface area contributed by atoms with E-state index in [0.717, 1.165) is 13.1 Å². The van der Waals surface area contributed by atoms with Crippen molar-refractivity contribution >= 4 is 9.84 Å². The summed E-state index contributed by atoms with van der Waals surface area (Å²) in [4.78, 5) is 2.47. The van der Waals surface area contributed by atoms with Crippen molar-refractivity contribution in [2.24, 2.45) is 0 Å². The van der Waals surface area contributed by atoms with Gasteiger partial charge in [0.2, 0.25) is 0 Å². The predicted octanol–water partition coefficient (Wildman–Crippen LogP) is 3.49. The SMILES string of the molecule is CN1CCC(S(=O)(=O)c2ccc(Oc3ccc(F)cc3)cc2)CC1. The summed E-state index contributed by atoms with van der Waals surface area (Å²) in [5.74, 6) is 0.688. The van der Waals surface area contributed by atoms with Gasteiger partial charge in [-0.2, -0.15) is 0 Å². The Morgan fingerprint density at radius 3 is 2.00 bits per heavy atom. The zero-order valence-corrected chi connectivity index (χ0v) is 14.3. The molecule has 0 spiro atoms. The molecule has 0 radical (unpaired) electrons. The lowest BCUT2D eigenvalue weighted by Crippen LogP contribution is -2.37. The Kier molecular flexibility index (Phi) is 4.87. The Hall–Kier alpha value is -1.92. The van der Waals surface area contributed by atoms with Crippen molar-refractivity contribution in [2.45, 2.75) is 23.0 Å². The first kappa shape index (κ1) is 16.9. The second kappa shape index (κ2) is 6.91. The second-order valence-electron chi connectivity index (χ2n) is 6.08. The lowest BCUT2D eigenvalue weighted by Gasteiger charge is -2.28. The number of sulfone groups is 1. The van der Waals surface area contributed by atoms with E-state index in [1.165, 1.54) is 24.3 Å². The summed E-state index contributed by atoms with van der Waals surface area (Å²) in [7, 11) is -1.31. The van der Waals surface area contributed by atoms with E-state index in [2.05, 4.69) is 4.90 Å². The lowest BCUT2D eigenvalue weighted by molar-refractivity contribution is 0.277. The van der Waals surface area contributed by atoms with Crippen LogP contribution in [0.15, 0.2) is 53.4 Å². The molecule has 0 unspecified atom stereocenters. The van der Waals surface area contributed by atoms with Gasteiger partial charge in [0.05, 0.1) is 10.1 Å². The van der Waals surface area contributed by atoms with E-state index in [1.807, 2.05) is 7.05 Å². The van der Waals surface area contributed by atoms with Crippen LogP contribution in [-0.4, -0.2) is 38.7 Å². The number of hydrogen-bond donors (Lipinski definition) is 0. The van der Waals surface area contributed by atoms with Gasteiger partial charge in [-0.1, -0.05) is 0 Å². The number of piperidine rings is 1. The monoisotopic (exact) mass is 349 g/mol. The Morgan fingerprint density at radius 2 is 1.46 bits per heavy atom. The van der Waals surface area contributed by atoms with E-state index in [9.17, 15) is 12.8 Å². The first-order chi connectivity index (χ1) is 11.4. The average Bonchev–Trinajstić information content (AvgIpc) is 2.58. The summed E-state index contributed by atoms with van der Waals surface area (Å²) in [6.07, 6.45) is 1.32. The van der Waals surface area contributed by atoms with Gasteiger partial charge in [0, 0.05) is 0 Å². The molecule has 2 aromatic rings. The van der Waals surface area contributed by atoms with Crippen LogP contribution in [0.4, 0.5) is 4.39 Å². The summed E-state index contributed by atoms with van der Waals surface area (Å²) < 4.78 is 43.9. The van der Waals surface area contributed by atoms with Crippen LogP contribution in [0.2, 0.25) is 0 Å². The lowest BCUT2D eigenvalue weighted by atomic mass is 10.1. The molecule has 1 heterocycles. The van der Waals surface area contributed by atoms with E-state index in [-0.39, 0.29) is 11.1 Å². The van der Waals surface area contributed by atoms with E-state index in [4.69, 9.17) is 4.74 Å². The van der Waals surface area contributed by atoms with Gasteiger partial charge in [0.1, 0.15) is 17.3 Å². The molecule has 6 heteroatoms. The molecule has 1 fully saturated rings. The molecule has 2 aromatic carbocycles. The normalized spacial score (nSPS) is 16.9. The maximum absolute atomic E-state index is 12.9. The smallest absolute Gasteiger partial charge is 0.181 e. The van der Waals surface area contributed by atoms with Crippen molar-refractivity contribution in [3.05, 3.63) is 54.3 Å². The summed E-state index contributed by atoms with van der Waals surface area (Å²) in [6.45, 7) is 1.60. The van der Waals surface area contributed by atoms with Crippen molar-refractivity contribution in [2.75, 3.05) is 20.1 Å². The molecule has 0 saturated carbocycles. The average molecular weight is 349 g/mol. The molecular formula is C18H20FNO3S. The molecule has 0 aliphatic carbocycles. The number of nitrogens with zero attached hydrogens (tertiary/aromatic N) is 1. The molecule has 4 nitrogen and oxygen atoms in total. The van der Waals surface area contributed by atoms with Gasteiger partial charge in [0.15, 0.2) is 9.84 Å². The first-order valence-corrected chi connectivity index (χ1v) is 9.46. The minimum absolute atomic E-state index is 0.322. The van der Waals surface area contributed by atoms with Gasteiger partial charge in [-0.15, -0.1) is 0 Å². The van der Waals surface area contributed by atoms with Crippen LogP contribution >= 0.6 is 0 Å². The van der Waals surface area contributed by atoms with Gasteiger partial charge in [0.25, 0.3) is 0 Å². The fourth-order valence-electron chi connectivity index (χ4n) is 2.82. The maximum atomic E-state index is 12.9. The third kappa shape index (κ3) is 3.76. The predicted molar refractivity (Wildman–Crippen MR) is 90.6 cm³/mol. The minimum Gasteiger partial charge on any atom is -0.457 e. The van der Waals surface area contributed by atoms with E-state index < -0.39 is 9.84 Å². The number of ether oxygens (including phenoxy) is 1. The van der Waals surface area contributed by atoms with Crippen LogP contribution in [0.3, 0.4) is 0 Å². The fraction of sp³-hybridized carbons (Fsp3) is 0.333. The fourth-order valence-corrected chi connectivity index (χ4v) is 4.56. The zero-order chi connectivity index (χ0) is 17.2. The highest BCUT2D eigenvalue weighted by Crippen LogP contribution is 2.27. The Labute approximate surface area is 141 Å². The molecule has 128 valence electrons. The van der Waals surface area contributed by atoms with Crippen LogP contribution in [-0.2, 0) is 9.84 Å². The molecule has 24 heavy (non-hydrogen) atoms. The molecule has 0 amide bonds. The number of rotatable bonds is 4. The highest BCUT2D eigenvalue weighted by Gasteiger charge is 2.30. The van der Waals surface area contributed by atoms with E-state index in [0.29, 0.717) is 29.2 Å². The van der Waals surface area contributed by atoms with Gasteiger partial charge in [-0.3, -0.25) is 0 Å². The number of halogens is 1. The van der Waals surface area contributed by atoms with Crippen molar-refractivity contribution in [1.29, 1.82) is 0 Å². The summed E-state index contributed by atoms with van der Waals surface area (Å²) >= 11 is 0. The number of likely N-dealkylation sites (tertiary alicyclic amines) is 1. The van der Waals surface area contributed by atoms with Crippen molar-refractivity contribution in [3.63, 3.8) is 0 Å². The van der Waals surface area contributed by atoms with Crippen LogP contribution in [0.5, 0.6) is 11.5 Å². The molecule has 0 bridgehead atoms. The third-order valence-corrected chi connectivity index (χ3v) is 6.58. The second-order valence-corrected chi connectivity index (χ2v) is 8.30. The highest BCUT2D eigenvalue weighted by molar-refractivity contribution is 7.92. The molecule has 0 atom stereocenters. The van der Waals surface area contributed by atoms with Crippen LogP contribution < -0.4 is 4.74 Å². The Balaban J connectivity index is 1.72. The van der Waals surface area contributed by atoms with Crippen LogP contribution in [0.25, 0.3) is 0 Å². The van der Waals surface area contributed by atoms with Crippen molar-refractivity contribution in [3.8, 4) is 11.5 Å². The standard InChI is InChI=1S/C18H20FNO3S/c1-20-12-10-18(11-13-20)24(21,22)17-8-6-16(7-9-17)23-15-4-2-14(19)3-5-15/h2-9,18H,10-13H2,1H3. The Bertz CT molecular complexity index is 780. The summed E-state index contributed by atoms with van der Waals surface area (Å²) in [5.41, 5.74) is 0. The van der Waals surface area contributed by atoms with Crippen LogP contribution in [0.1, 0.15) is 12.8 Å². The summed E-state index contributed by atoms with van der Waals surface area (Å²) in [5, 5.41) is -0.322. The topological polar surface area (TPSA) is 46.6 Å². The minimum atomic E-state index is -3.31. The molecular weight excluding hydrogens is 329 g/mol. The largest absolute Gasteiger partial charge is 0.457 e. The Morgan fingerprint density at radius 1 is 0.958 bits per heavy atom. The molecule has 0 aromatic heterocycles. The first-order valence-electron chi connectivity index (χ1n) is 7.91. The van der Waals surface area contributed by atoms with Crippen LogP contribution in [0, 0.1) is 5.82 Å². The molecule has 1 aliphatic rings. The quantitative estimate of drug-likeness (QED) is 0.848. The van der Waals surface area contributed by atoms with Crippen molar-refractivity contribution in [1.82, 2.24) is 4.90 Å². The van der Waals surface area contributed by atoms with Gasteiger partial charge in [-0.05, 0) is 81.5 Å². The van der Waals surface area contributed by atoms with E-state index in [1.54, 1.807) is 24.3 Å².